The monoisotopic (exact) mass is 630 g/mol. The Labute approximate surface area is 233 Å². The largest absolute Gasteiger partial charge is 0.469 e. The number of sulfonamides is 1. The average molecular weight is 631 g/mol. The van der Waals surface area contributed by atoms with Crippen LogP contribution in [0.5, 0.6) is 0 Å². The first-order valence-electron chi connectivity index (χ1n) is 11.7. The van der Waals surface area contributed by atoms with Crippen molar-refractivity contribution < 1.29 is 53.9 Å². The molecule has 0 saturated carbocycles. The third-order valence-corrected chi connectivity index (χ3v) is 8.45. The molecule has 3 rings (SSSR count). The Morgan fingerprint density at radius 3 is 2.41 bits per heavy atom. The second-order valence-electron chi connectivity index (χ2n) is 9.28. The molecule has 1 aromatic carbocycles. The van der Waals surface area contributed by atoms with Crippen molar-refractivity contribution in [3.63, 3.8) is 0 Å². The molecule has 2 aromatic heterocycles. The molecule has 18 heteroatoms. The number of nitrogens with one attached hydrogen (secondary N) is 1. The van der Waals surface area contributed by atoms with Gasteiger partial charge in [0.25, 0.3) is 6.43 Å². The lowest BCUT2D eigenvalue weighted by Crippen LogP contribution is -2.45. The van der Waals surface area contributed by atoms with Crippen molar-refractivity contribution >= 4 is 27.3 Å². The lowest BCUT2D eigenvalue weighted by molar-refractivity contribution is -0.152. The molecule has 0 amide bonds. The Hall–Kier alpha value is -3.09. The van der Waals surface area contributed by atoms with Crippen LogP contribution in [0.25, 0.3) is 21.3 Å². The van der Waals surface area contributed by atoms with E-state index in [4.69, 9.17) is 9.26 Å². The average Bonchev–Trinajstić information content (AvgIpc) is 3.52. The number of carbonyl (C=O) groups excluding carboxylic acids is 1. The van der Waals surface area contributed by atoms with Crippen LogP contribution in [0.15, 0.2) is 21.6 Å². The number of esters is 1. The summed E-state index contributed by atoms with van der Waals surface area (Å²) in [5.74, 6) is -2.66. The van der Waals surface area contributed by atoms with Crippen LogP contribution < -0.4 is 4.72 Å². The van der Waals surface area contributed by atoms with Crippen LogP contribution in [0.2, 0.25) is 0 Å². The van der Waals surface area contributed by atoms with E-state index in [1.807, 2.05) is 0 Å². The molecule has 10 nitrogen and oxygen atoms in total. The van der Waals surface area contributed by atoms with Crippen LogP contribution in [0.1, 0.15) is 50.8 Å². The van der Waals surface area contributed by atoms with Crippen molar-refractivity contribution in [2.24, 2.45) is 5.41 Å². The predicted molar refractivity (Wildman–Crippen MR) is 132 cm³/mol. The highest BCUT2D eigenvalue weighted by atomic mass is 32.2. The number of nitrogens with zero attached hydrogens (tertiary/aromatic N) is 3. The number of aromatic nitrogens is 3. The molecule has 0 bridgehead atoms. The fraction of sp³-hybridized carbons (Fsp3) is 0.478. The number of alkyl halides is 5. The van der Waals surface area contributed by atoms with Crippen molar-refractivity contribution in [1.82, 2.24) is 19.8 Å². The van der Waals surface area contributed by atoms with Gasteiger partial charge in [-0.25, -0.2) is 26.6 Å². The van der Waals surface area contributed by atoms with Gasteiger partial charge < -0.3 is 14.4 Å². The molecule has 1 atom stereocenters. The lowest BCUT2D eigenvalue weighted by atomic mass is 9.89. The number of halogens is 6. The standard InChI is InChI=1S/C23H24F6N4O6S2/c1-5-13(23(27,28)29)33-41(36,37)12-7-6-10(15(16(12)24)18(25)26)17-11(9-34)30-20(40-17)19-31-14(39-32-19)8-22(2,3)21(35)38-4/h6-7,13,18,33-34H,5,8-9H2,1-4H3/t13-/m0/s1. The van der Waals surface area contributed by atoms with Gasteiger partial charge in [0.1, 0.15) is 10.9 Å². The van der Waals surface area contributed by atoms with Gasteiger partial charge in [0.15, 0.2) is 10.8 Å². The molecule has 0 spiro atoms. The molecule has 3 aromatic rings. The summed E-state index contributed by atoms with van der Waals surface area (Å²) in [5, 5.41) is 13.5. The van der Waals surface area contributed by atoms with Gasteiger partial charge in [-0.05, 0) is 26.3 Å². The molecule has 2 heterocycles. The maximum Gasteiger partial charge on any atom is 0.404 e. The lowest BCUT2D eigenvalue weighted by Gasteiger charge is -2.21. The maximum atomic E-state index is 15.3. The van der Waals surface area contributed by atoms with Crippen LogP contribution in [0.3, 0.4) is 0 Å². The van der Waals surface area contributed by atoms with E-state index in [2.05, 4.69) is 15.1 Å². The van der Waals surface area contributed by atoms with Crippen LogP contribution >= 0.6 is 11.3 Å². The Morgan fingerprint density at radius 2 is 1.88 bits per heavy atom. The van der Waals surface area contributed by atoms with E-state index in [0.29, 0.717) is 17.4 Å². The molecule has 41 heavy (non-hydrogen) atoms. The minimum atomic E-state index is -5.22. The summed E-state index contributed by atoms with van der Waals surface area (Å²) < 4.78 is 119. The van der Waals surface area contributed by atoms with Crippen molar-refractivity contribution in [1.29, 1.82) is 0 Å². The second kappa shape index (κ2) is 12.0. The summed E-state index contributed by atoms with van der Waals surface area (Å²) in [6, 6.07) is -1.25. The number of aliphatic hydroxyl groups is 1. The van der Waals surface area contributed by atoms with Gasteiger partial charge in [-0.15, -0.1) is 11.3 Å². The van der Waals surface area contributed by atoms with Crippen LogP contribution in [0, 0.1) is 11.2 Å². The van der Waals surface area contributed by atoms with Gasteiger partial charge in [0.05, 0.1) is 35.3 Å². The van der Waals surface area contributed by atoms with Crippen molar-refractivity contribution in [2.75, 3.05) is 7.11 Å². The number of rotatable bonds is 11. The summed E-state index contributed by atoms with van der Waals surface area (Å²) in [6.07, 6.45) is -9.39. The zero-order valence-electron chi connectivity index (χ0n) is 21.8. The smallest absolute Gasteiger partial charge is 0.404 e. The fourth-order valence-corrected chi connectivity index (χ4v) is 6.16. The molecular formula is C23H24F6N4O6S2. The van der Waals surface area contributed by atoms with E-state index in [-0.39, 0.29) is 33.7 Å². The first-order valence-corrected chi connectivity index (χ1v) is 14.0. The fourth-order valence-electron chi connectivity index (χ4n) is 3.73. The molecule has 0 aliphatic heterocycles. The Morgan fingerprint density at radius 1 is 1.22 bits per heavy atom. The highest BCUT2D eigenvalue weighted by molar-refractivity contribution is 7.89. The molecule has 2 N–H and O–H groups in total. The van der Waals surface area contributed by atoms with E-state index in [9.17, 15) is 40.3 Å². The van der Waals surface area contributed by atoms with Gasteiger partial charge in [-0.3, -0.25) is 4.79 Å². The number of thiazole rings is 1. The number of carbonyl (C=O) groups is 1. The maximum absolute atomic E-state index is 15.3. The third kappa shape index (κ3) is 6.87. The topological polar surface area (TPSA) is 145 Å². The number of benzene rings is 1. The SMILES string of the molecule is CC[C@H](NS(=O)(=O)c1ccc(-c2sc(-c3noc(CC(C)(C)C(=O)OC)n3)nc2CO)c(C(F)F)c1F)C(F)(F)F. The number of hydrogen-bond donors (Lipinski definition) is 2. The van der Waals surface area contributed by atoms with E-state index in [1.54, 1.807) is 13.8 Å². The molecule has 0 saturated heterocycles. The zero-order valence-corrected chi connectivity index (χ0v) is 23.5. The molecule has 226 valence electrons. The van der Waals surface area contributed by atoms with E-state index >= 15 is 4.39 Å². The van der Waals surface area contributed by atoms with Gasteiger partial charge in [-0.1, -0.05) is 18.1 Å². The van der Waals surface area contributed by atoms with Crippen LogP contribution in [0.4, 0.5) is 26.3 Å². The first kappa shape index (κ1) is 32.4. The van der Waals surface area contributed by atoms with E-state index in [1.165, 1.54) is 11.8 Å². The minimum absolute atomic E-state index is 0.00307. The van der Waals surface area contributed by atoms with Crippen molar-refractivity contribution in [2.45, 2.75) is 63.8 Å². The minimum Gasteiger partial charge on any atom is -0.469 e. The summed E-state index contributed by atoms with van der Waals surface area (Å²) >= 11 is 0.642. The van der Waals surface area contributed by atoms with Crippen LogP contribution in [-0.2, 0) is 32.6 Å². The molecule has 0 aliphatic carbocycles. The predicted octanol–water partition coefficient (Wildman–Crippen LogP) is 4.79. The van der Waals surface area contributed by atoms with E-state index < -0.39 is 74.9 Å². The Balaban J connectivity index is 2.06. The molecule has 0 fully saturated rings. The van der Waals surface area contributed by atoms with E-state index in [0.717, 1.165) is 13.0 Å². The molecular weight excluding hydrogens is 606 g/mol. The molecule has 0 aliphatic rings. The van der Waals surface area contributed by atoms with Crippen molar-refractivity contribution in [3.05, 3.63) is 35.1 Å². The van der Waals surface area contributed by atoms with Gasteiger partial charge in [0, 0.05) is 12.0 Å². The second-order valence-corrected chi connectivity index (χ2v) is 12.0. The summed E-state index contributed by atoms with van der Waals surface area (Å²) in [7, 11) is -4.01. The van der Waals surface area contributed by atoms with Crippen LogP contribution in [-0.4, -0.2) is 53.9 Å². The van der Waals surface area contributed by atoms with Gasteiger partial charge in [-0.2, -0.15) is 22.9 Å². The number of hydrogen-bond acceptors (Lipinski definition) is 10. The normalized spacial score (nSPS) is 13.6. The quantitative estimate of drug-likeness (QED) is 0.226. The Bertz CT molecular complexity index is 1520. The summed E-state index contributed by atoms with van der Waals surface area (Å²) in [6.45, 7) is 3.36. The van der Waals surface area contributed by atoms with Crippen molar-refractivity contribution in [3.8, 4) is 21.3 Å². The third-order valence-electron chi connectivity index (χ3n) is 5.84. The number of ether oxygens (including phenoxy) is 1. The Kier molecular flexibility index (Phi) is 9.51. The highest BCUT2D eigenvalue weighted by Crippen LogP contribution is 2.42. The van der Waals surface area contributed by atoms with Gasteiger partial charge >= 0.3 is 12.1 Å². The first-order chi connectivity index (χ1) is 19.0. The van der Waals surface area contributed by atoms with Gasteiger partial charge in [0.2, 0.25) is 21.7 Å². The number of methoxy groups -OCH3 is 1. The summed E-state index contributed by atoms with van der Waals surface area (Å²) in [5.41, 5.74) is -3.24. The molecule has 0 radical (unpaired) electrons. The molecule has 0 unspecified atom stereocenters. The number of aliphatic hydroxyl groups excluding tert-OH is 1. The summed E-state index contributed by atoms with van der Waals surface area (Å²) in [4.78, 5) is 18.5. The highest BCUT2D eigenvalue weighted by Gasteiger charge is 2.42. The zero-order chi connectivity index (χ0) is 30.9.